The zero-order valence-electron chi connectivity index (χ0n) is 13.3. The Balaban J connectivity index is 2.10. The van der Waals surface area contributed by atoms with Gasteiger partial charge < -0.3 is 19.5 Å². The number of rotatable bonds is 7. The first-order valence-corrected chi connectivity index (χ1v) is 7.82. The van der Waals surface area contributed by atoms with Gasteiger partial charge in [-0.15, -0.1) is 0 Å². The van der Waals surface area contributed by atoms with Crippen LogP contribution < -0.4 is 5.32 Å². The lowest BCUT2D eigenvalue weighted by Crippen LogP contribution is -2.43. The van der Waals surface area contributed by atoms with Gasteiger partial charge in [0.2, 0.25) is 0 Å². The molecule has 5 nitrogen and oxygen atoms in total. The molecule has 0 spiro atoms. The first kappa shape index (κ1) is 16.0. The standard InChI is InChI=1S/C16H27N3O2/c1-13(2)19-9-5-7-15(19)16(20)18(10-11-21-3)12-14-6-4-8-17-14/h5,7,9,13-14,17H,4,6,8,10-12H2,1-3H3. The number of methoxy groups -OCH3 is 1. The molecule has 118 valence electrons. The molecule has 1 amide bonds. The lowest BCUT2D eigenvalue weighted by molar-refractivity contribution is 0.0667. The molecule has 0 aromatic carbocycles. The second-order valence-corrected chi connectivity index (χ2v) is 5.93. The lowest BCUT2D eigenvalue weighted by atomic mass is 10.2. The molecule has 2 heterocycles. The van der Waals surface area contributed by atoms with Crippen molar-refractivity contribution < 1.29 is 9.53 Å². The Morgan fingerprint density at radius 1 is 1.57 bits per heavy atom. The minimum atomic E-state index is 0.0967. The summed E-state index contributed by atoms with van der Waals surface area (Å²) in [7, 11) is 1.67. The molecular formula is C16H27N3O2. The van der Waals surface area contributed by atoms with E-state index >= 15 is 0 Å². The zero-order valence-corrected chi connectivity index (χ0v) is 13.3. The maximum atomic E-state index is 12.8. The highest BCUT2D eigenvalue weighted by Gasteiger charge is 2.24. The lowest BCUT2D eigenvalue weighted by Gasteiger charge is -2.26. The molecule has 0 radical (unpaired) electrons. The highest BCUT2D eigenvalue weighted by molar-refractivity contribution is 5.92. The summed E-state index contributed by atoms with van der Waals surface area (Å²) in [5.74, 6) is 0.0967. The molecule has 1 N–H and O–H groups in total. The summed E-state index contributed by atoms with van der Waals surface area (Å²) >= 11 is 0. The fourth-order valence-electron chi connectivity index (χ4n) is 2.84. The van der Waals surface area contributed by atoms with Gasteiger partial charge in [0.1, 0.15) is 5.69 Å². The quantitative estimate of drug-likeness (QED) is 0.835. The Morgan fingerprint density at radius 3 is 3.00 bits per heavy atom. The topological polar surface area (TPSA) is 46.5 Å². The Kier molecular flexibility index (Phi) is 5.82. The minimum Gasteiger partial charge on any atom is -0.383 e. The van der Waals surface area contributed by atoms with Crippen molar-refractivity contribution in [1.29, 1.82) is 0 Å². The highest BCUT2D eigenvalue weighted by Crippen LogP contribution is 2.15. The van der Waals surface area contributed by atoms with E-state index in [1.54, 1.807) is 7.11 Å². The van der Waals surface area contributed by atoms with Gasteiger partial charge in [-0.25, -0.2) is 0 Å². The van der Waals surface area contributed by atoms with Crippen molar-refractivity contribution in [3.05, 3.63) is 24.0 Å². The maximum Gasteiger partial charge on any atom is 0.270 e. The Morgan fingerprint density at radius 2 is 2.38 bits per heavy atom. The van der Waals surface area contributed by atoms with E-state index in [0.29, 0.717) is 19.2 Å². The summed E-state index contributed by atoms with van der Waals surface area (Å²) in [6.45, 7) is 7.20. The Labute approximate surface area is 127 Å². The van der Waals surface area contributed by atoms with Gasteiger partial charge in [0.25, 0.3) is 5.91 Å². The fourth-order valence-corrected chi connectivity index (χ4v) is 2.84. The van der Waals surface area contributed by atoms with Crippen LogP contribution in [0.5, 0.6) is 0 Å². The summed E-state index contributed by atoms with van der Waals surface area (Å²) in [6.07, 6.45) is 4.31. The molecule has 21 heavy (non-hydrogen) atoms. The summed E-state index contributed by atoms with van der Waals surface area (Å²) in [5.41, 5.74) is 0.763. The summed E-state index contributed by atoms with van der Waals surface area (Å²) in [5, 5.41) is 3.46. The van der Waals surface area contributed by atoms with Crippen LogP contribution in [0, 0.1) is 0 Å². The van der Waals surface area contributed by atoms with Gasteiger partial charge in [0.15, 0.2) is 0 Å². The molecule has 2 rings (SSSR count). The van der Waals surface area contributed by atoms with Crippen molar-refractivity contribution >= 4 is 5.91 Å². The number of aromatic nitrogens is 1. The zero-order chi connectivity index (χ0) is 15.2. The SMILES string of the molecule is COCCN(CC1CCCN1)C(=O)c1cccn1C(C)C. The molecule has 0 bridgehead atoms. The normalized spacial score (nSPS) is 18.4. The van der Waals surface area contributed by atoms with Gasteiger partial charge >= 0.3 is 0 Å². The van der Waals surface area contributed by atoms with Crippen molar-refractivity contribution in [2.24, 2.45) is 0 Å². The van der Waals surface area contributed by atoms with Gasteiger partial charge in [0.05, 0.1) is 6.61 Å². The molecule has 5 heteroatoms. The van der Waals surface area contributed by atoms with Gasteiger partial charge in [-0.2, -0.15) is 0 Å². The molecule has 1 fully saturated rings. The molecule has 0 saturated carbocycles. The number of ether oxygens (including phenoxy) is 1. The van der Waals surface area contributed by atoms with Gasteiger partial charge in [-0.3, -0.25) is 4.79 Å². The van der Waals surface area contributed by atoms with E-state index in [-0.39, 0.29) is 11.9 Å². The van der Waals surface area contributed by atoms with E-state index in [0.717, 1.165) is 25.2 Å². The van der Waals surface area contributed by atoms with Crippen LogP contribution in [-0.4, -0.2) is 54.8 Å². The Hall–Kier alpha value is -1.33. The van der Waals surface area contributed by atoms with Crippen LogP contribution in [0.25, 0.3) is 0 Å². The van der Waals surface area contributed by atoms with E-state index in [2.05, 4.69) is 19.2 Å². The second kappa shape index (κ2) is 7.61. The van der Waals surface area contributed by atoms with Crippen molar-refractivity contribution in [3.63, 3.8) is 0 Å². The first-order chi connectivity index (χ1) is 10.1. The van der Waals surface area contributed by atoms with Crippen LogP contribution in [-0.2, 0) is 4.74 Å². The van der Waals surface area contributed by atoms with Gasteiger partial charge in [-0.1, -0.05) is 0 Å². The average Bonchev–Trinajstić information content (AvgIpc) is 3.13. The van der Waals surface area contributed by atoms with Crippen molar-refractivity contribution in [2.45, 2.75) is 38.8 Å². The number of amides is 1. The van der Waals surface area contributed by atoms with Crippen LogP contribution in [0.15, 0.2) is 18.3 Å². The molecule has 1 saturated heterocycles. The van der Waals surface area contributed by atoms with Crippen LogP contribution in [0.4, 0.5) is 0 Å². The number of hydrogen-bond donors (Lipinski definition) is 1. The minimum absolute atomic E-state index is 0.0967. The molecule has 1 aromatic rings. The number of nitrogens with one attached hydrogen (secondary N) is 1. The number of carbonyl (C=O) groups is 1. The maximum absolute atomic E-state index is 12.8. The van der Waals surface area contributed by atoms with Gasteiger partial charge in [0, 0.05) is 38.5 Å². The van der Waals surface area contributed by atoms with Crippen molar-refractivity contribution in [2.75, 3.05) is 33.4 Å². The molecule has 1 aliphatic rings. The highest BCUT2D eigenvalue weighted by atomic mass is 16.5. The van der Waals surface area contributed by atoms with Crippen LogP contribution >= 0.6 is 0 Å². The third-order valence-corrected chi connectivity index (χ3v) is 4.01. The van der Waals surface area contributed by atoms with Crippen LogP contribution in [0.1, 0.15) is 43.2 Å². The second-order valence-electron chi connectivity index (χ2n) is 5.93. The monoisotopic (exact) mass is 293 g/mol. The molecular weight excluding hydrogens is 266 g/mol. The smallest absolute Gasteiger partial charge is 0.270 e. The van der Waals surface area contributed by atoms with E-state index in [1.165, 1.54) is 6.42 Å². The molecule has 0 aliphatic carbocycles. The van der Waals surface area contributed by atoms with E-state index < -0.39 is 0 Å². The third-order valence-electron chi connectivity index (χ3n) is 4.01. The largest absolute Gasteiger partial charge is 0.383 e. The van der Waals surface area contributed by atoms with Crippen LogP contribution in [0.3, 0.4) is 0 Å². The van der Waals surface area contributed by atoms with Crippen molar-refractivity contribution in [3.8, 4) is 0 Å². The van der Waals surface area contributed by atoms with E-state index in [1.807, 2.05) is 27.8 Å². The molecule has 1 aromatic heterocycles. The fraction of sp³-hybridized carbons (Fsp3) is 0.688. The number of hydrogen-bond acceptors (Lipinski definition) is 3. The van der Waals surface area contributed by atoms with Crippen LogP contribution in [0.2, 0.25) is 0 Å². The van der Waals surface area contributed by atoms with Crippen molar-refractivity contribution in [1.82, 2.24) is 14.8 Å². The predicted octanol–water partition coefficient (Wildman–Crippen LogP) is 1.91. The summed E-state index contributed by atoms with van der Waals surface area (Å²) < 4.78 is 7.19. The third kappa shape index (κ3) is 4.08. The van der Waals surface area contributed by atoms with Gasteiger partial charge in [-0.05, 0) is 45.4 Å². The summed E-state index contributed by atoms with van der Waals surface area (Å²) in [4.78, 5) is 14.8. The number of nitrogens with zero attached hydrogens (tertiary/aromatic N) is 2. The molecule has 1 aliphatic heterocycles. The number of carbonyl (C=O) groups excluding carboxylic acids is 1. The predicted molar refractivity (Wildman–Crippen MR) is 83.6 cm³/mol. The van der Waals surface area contributed by atoms with E-state index in [4.69, 9.17) is 4.74 Å². The van der Waals surface area contributed by atoms with E-state index in [9.17, 15) is 4.79 Å². The summed E-state index contributed by atoms with van der Waals surface area (Å²) in [6, 6.07) is 4.54. The first-order valence-electron chi connectivity index (χ1n) is 7.82. The Bertz CT molecular complexity index is 450. The molecule has 1 atom stereocenters. The molecule has 1 unspecified atom stereocenters. The average molecular weight is 293 g/mol.